The van der Waals surface area contributed by atoms with E-state index in [2.05, 4.69) is 21.9 Å². The van der Waals surface area contributed by atoms with Gasteiger partial charge in [0.1, 0.15) is 35.1 Å². The normalized spacial score (nSPS) is 25.1. The van der Waals surface area contributed by atoms with Crippen LogP contribution in [-0.2, 0) is 51.8 Å². The maximum atomic E-state index is 14.4. The number of benzene rings is 1. The van der Waals surface area contributed by atoms with Gasteiger partial charge in [-0.25, -0.2) is 22.4 Å². The zero-order chi connectivity index (χ0) is 39.9. The third kappa shape index (κ3) is 9.54. The Balaban J connectivity index is 1.23. The molecular weight excluding hydrogens is 738 g/mol. The second-order valence-electron chi connectivity index (χ2n) is 16.1. The van der Waals surface area contributed by atoms with Crippen LogP contribution in [0.3, 0.4) is 0 Å². The van der Waals surface area contributed by atoms with Crippen LogP contribution in [0, 0.1) is 17.7 Å². The molecule has 3 saturated carbocycles. The minimum atomic E-state index is -3.97. The van der Waals surface area contributed by atoms with Crippen LogP contribution in [0.5, 0.6) is 0 Å². The van der Waals surface area contributed by atoms with Crippen molar-refractivity contribution >= 4 is 45.7 Å². The summed E-state index contributed by atoms with van der Waals surface area (Å²) in [7, 11) is -3.97. The molecule has 1 saturated heterocycles. The Kier molecular flexibility index (Phi) is 11.2. The van der Waals surface area contributed by atoms with Gasteiger partial charge in [0.2, 0.25) is 21.8 Å². The predicted octanol–water partition coefficient (Wildman–Crippen LogP) is 3.13. The van der Waals surface area contributed by atoms with E-state index in [1.165, 1.54) is 29.2 Å². The van der Waals surface area contributed by atoms with E-state index in [0.717, 1.165) is 17.7 Å². The summed E-state index contributed by atoms with van der Waals surface area (Å²) in [5.41, 5.74) is -1.62. The molecule has 1 aromatic rings. The molecule has 55 heavy (non-hydrogen) atoms. The second kappa shape index (κ2) is 15.4. The fraction of sp³-hybridized carbons (Fsp3) is 0.579. The summed E-state index contributed by atoms with van der Waals surface area (Å²) in [5, 5.41) is 4.51. The summed E-state index contributed by atoms with van der Waals surface area (Å²) < 4.78 is 53.1. The lowest BCUT2D eigenvalue weighted by molar-refractivity contribution is -0.141. The average Bonchev–Trinajstić information content (AvgIpc) is 4.04. The number of alkyl carbamates (subject to hydrolysis) is 1. The molecule has 298 valence electrons. The van der Waals surface area contributed by atoms with E-state index in [0.29, 0.717) is 29.9 Å². The third-order valence-corrected chi connectivity index (χ3v) is 12.2. The number of nitrogens with zero attached hydrogens (tertiary/aromatic N) is 2. The second-order valence-corrected chi connectivity index (χ2v) is 18.0. The van der Waals surface area contributed by atoms with Crippen molar-refractivity contribution in [2.45, 2.75) is 120 Å². The number of hydrogen-bond donors (Lipinski definition) is 3. The number of halogens is 1. The van der Waals surface area contributed by atoms with Gasteiger partial charge in [0, 0.05) is 30.9 Å². The first-order chi connectivity index (χ1) is 25.9. The monoisotopic (exact) mass is 785 g/mol. The summed E-state index contributed by atoms with van der Waals surface area (Å²) in [4.78, 5) is 83.5. The van der Waals surface area contributed by atoms with Gasteiger partial charge in [0.05, 0.1) is 18.3 Å². The van der Waals surface area contributed by atoms with Crippen molar-refractivity contribution in [3.63, 3.8) is 0 Å². The van der Waals surface area contributed by atoms with Crippen molar-refractivity contribution in [1.82, 2.24) is 25.2 Å². The molecule has 3 N–H and O–H groups in total. The van der Waals surface area contributed by atoms with Crippen LogP contribution >= 0.6 is 0 Å². The van der Waals surface area contributed by atoms with Crippen LogP contribution in [0.4, 0.5) is 14.0 Å². The number of rotatable bonds is 14. The number of carbonyl (C=O) groups excluding carboxylic acids is 6. The number of sulfonamides is 1. The van der Waals surface area contributed by atoms with E-state index in [9.17, 15) is 41.6 Å². The van der Waals surface area contributed by atoms with Crippen LogP contribution in [0.1, 0.15) is 83.3 Å². The number of hydrogen-bond acceptors (Lipinski definition) is 10. The number of likely N-dealkylation sites (tertiary alicyclic amines) is 1. The zero-order valence-corrected chi connectivity index (χ0v) is 32.0. The van der Waals surface area contributed by atoms with Gasteiger partial charge < -0.3 is 25.0 Å². The molecule has 0 bridgehead atoms. The predicted molar refractivity (Wildman–Crippen MR) is 195 cm³/mol. The summed E-state index contributed by atoms with van der Waals surface area (Å²) in [5.74, 6) is -3.54. The standard InChI is InChI=1S/C38H48FN5O10S/c1-5-24-18-38(24,34(48)42-55(51,52)27-14-15-27)41-32(46)31-17-26(53-36(50)43-19-23-7-6-8-29(39)28(23)21-43)20-44(31)33(47)30(40-35(49)54-37(2,3)4)16-13-25(45)12-11-22-9-10-22/h5-8,11-12,22,24,26-27,30-31H,1,9-10,13-21H2,2-4H3,(H,40,49)(H,41,46)(H,42,48)/b12-11+/t24-,26?,30+,31+,38-/m1/s1. The van der Waals surface area contributed by atoms with Crippen LogP contribution in [0.25, 0.3) is 0 Å². The van der Waals surface area contributed by atoms with E-state index < -0.39 is 86.2 Å². The molecule has 5 atom stereocenters. The highest BCUT2D eigenvalue weighted by Crippen LogP contribution is 2.45. The Bertz CT molecular complexity index is 1910. The molecule has 5 aliphatic rings. The number of ketones is 1. The van der Waals surface area contributed by atoms with Crippen LogP contribution in [-0.4, -0.2) is 95.0 Å². The number of amides is 5. The van der Waals surface area contributed by atoms with Crippen LogP contribution < -0.4 is 15.4 Å². The SMILES string of the molecule is C=C[C@@H]1C[C@]1(NC(=O)[C@@H]1CC(OC(=O)N2Cc3cccc(F)c3C2)CN1C(=O)[C@H](CCC(=O)/C=C/C1CC1)NC(=O)OC(C)(C)C)C(=O)NS(=O)(=O)C1CC1. The van der Waals surface area contributed by atoms with Crippen molar-refractivity contribution in [2.24, 2.45) is 11.8 Å². The molecule has 0 aromatic heterocycles. The van der Waals surface area contributed by atoms with Gasteiger partial charge >= 0.3 is 12.2 Å². The van der Waals surface area contributed by atoms with Gasteiger partial charge in [-0.05, 0) is 82.9 Å². The summed E-state index contributed by atoms with van der Waals surface area (Å²) in [6.45, 7) is 8.36. The largest absolute Gasteiger partial charge is 0.444 e. The van der Waals surface area contributed by atoms with Gasteiger partial charge in [-0.2, -0.15) is 0 Å². The van der Waals surface area contributed by atoms with E-state index in [1.807, 2.05) is 6.08 Å². The highest BCUT2D eigenvalue weighted by Gasteiger charge is 2.62. The zero-order valence-electron chi connectivity index (χ0n) is 31.2. The van der Waals surface area contributed by atoms with E-state index in [-0.39, 0.29) is 51.1 Å². The molecule has 1 unspecified atom stereocenters. The van der Waals surface area contributed by atoms with E-state index >= 15 is 0 Å². The number of fused-ring (bicyclic) bond motifs is 1. The number of carbonyl (C=O) groups is 6. The highest BCUT2D eigenvalue weighted by atomic mass is 32.2. The summed E-state index contributed by atoms with van der Waals surface area (Å²) in [6.07, 6.45) is 4.25. The molecule has 4 fully saturated rings. The van der Waals surface area contributed by atoms with Gasteiger partial charge in [-0.1, -0.05) is 24.3 Å². The first kappa shape index (κ1) is 39.9. The van der Waals surface area contributed by atoms with E-state index in [1.54, 1.807) is 26.8 Å². The number of allylic oxidation sites excluding steroid dienone is 2. The molecule has 6 rings (SSSR count). The Morgan fingerprint density at radius 3 is 2.44 bits per heavy atom. The lowest BCUT2D eigenvalue weighted by atomic mass is 10.1. The molecular formula is C38H48FN5O10S. The minimum Gasteiger partial charge on any atom is -0.444 e. The fourth-order valence-corrected chi connectivity index (χ4v) is 8.29. The molecule has 15 nitrogen and oxygen atoms in total. The quantitative estimate of drug-likeness (QED) is 0.186. The molecule has 2 heterocycles. The maximum Gasteiger partial charge on any atom is 0.410 e. The number of ether oxygens (including phenoxy) is 2. The van der Waals surface area contributed by atoms with Gasteiger partial charge in [0.15, 0.2) is 5.78 Å². The van der Waals surface area contributed by atoms with Crippen molar-refractivity contribution in [2.75, 3.05) is 6.54 Å². The third-order valence-electron chi connectivity index (χ3n) is 10.4. The summed E-state index contributed by atoms with van der Waals surface area (Å²) in [6, 6.07) is 1.82. The van der Waals surface area contributed by atoms with Crippen molar-refractivity contribution in [3.05, 3.63) is 60.0 Å². The van der Waals surface area contributed by atoms with Crippen molar-refractivity contribution in [1.29, 1.82) is 0 Å². The molecule has 1 aromatic carbocycles. The van der Waals surface area contributed by atoms with Gasteiger partial charge in [-0.15, -0.1) is 6.58 Å². The molecule has 0 spiro atoms. The van der Waals surface area contributed by atoms with Crippen LogP contribution in [0.2, 0.25) is 0 Å². The highest BCUT2D eigenvalue weighted by molar-refractivity contribution is 7.91. The molecule has 0 radical (unpaired) electrons. The number of nitrogens with one attached hydrogen (secondary N) is 3. The van der Waals surface area contributed by atoms with E-state index in [4.69, 9.17) is 9.47 Å². The van der Waals surface area contributed by atoms with Gasteiger partial charge in [-0.3, -0.25) is 28.8 Å². The van der Waals surface area contributed by atoms with Crippen molar-refractivity contribution in [3.8, 4) is 0 Å². The minimum absolute atomic E-state index is 0.0461. The molecule has 3 aliphatic carbocycles. The first-order valence-electron chi connectivity index (χ1n) is 18.6. The Morgan fingerprint density at radius 2 is 1.82 bits per heavy atom. The lowest BCUT2D eigenvalue weighted by Crippen LogP contribution is -2.58. The lowest BCUT2D eigenvalue weighted by Gasteiger charge is -2.30. The molecule has 5 amide bonds. The maximum absolute atomic E-state index is 14.4. The summed E-state index contributed by atoms with van der Waals surface area (Å²) >= 11 is 0. The smallest absolute Gasteiger partial charge is 0.410 e. The topological polar surface area (TPSA) is 198 Å². The molecule has 17 heteroatoms. The van der Waals surface area contributed by atoms with Gasteiger partial charge in [0.25, 0.3) is 5.91 Å². The Morgan fingerprint density at radius 1 is 1.09 bits per heavy atom. The Hall–Kier alpha value is -4.80. The fourth-order valence-electron chi connectivity index (χ4n) is 6.93. The molecule has 2 aliphatic heterocycles. The average molecular weight is 786 g/mol. The van der Waals surface area contributed by atoms with Crippen molar-refractivity contribution < 1.29 is 51.0 Å². The van der Waals surface area contributed by atoms with Crippen LogP contribution in [0.15, 0.2) is 43.0 Å². The first-order valence-corrected chi connectivity index (χ1v) is 20.2. The Labute approximate surface area is 319 Å².